The van der Waals surface area contributed by atoms with Crippen molar-refractivity contribution in [2.24, 2.45) is 0 Å². The molecule has 2 aromatic carbocycles. The predicted octanol–water partition coefficient (Wildman–Crippen LogP) is 2.57. The Bertz CT molecular complexity index is 786. The minimum atomic E-state index is -0.0476. The van der Waals surface area contributed by atoms with Gasteiger partial charge in [0, 0.05) is 32.4 Å². The third-order valence-corrected chi connectivity index (χ3v) is 5.48. The first-order chi connectivity index (χ1) is 12.2. The number of fused-ring (bicyclic) bond motifs is 2. The summed E-state index contributed by atoms with van der Waals surface area (Å²) in [6.45, 7) is 3.48. The van der Waals surface area contributed by atoms with E-state index in [1.165, 1.54) is 22.4 Å². The van der Waals surface area contributed by atoms with Crippen LogP contribution in [0.2, 0.25) is 0 Å². The lowest BCUT2D eigenvalue weighted by Gasteiger charge is -2.32. The van der Waals surface area contributed by atoms with E-state index >= 15 is 0 Å². The van der Waals surface area contributed by atoms with Crippen LogP contribution in [0.5, 0.6) is 0 Å². The Morgan fingerprint density at radius 2 is 2.12 bits per heavy atom. The van der Waals surface area contributed by atoms with Gasteiger partial charge in [-0.3, -0.25) is 4.79 Å². The zero-order valence-corrected chi connectivity index (χ0v) is 14.7. The number of benzene rings is 2. The van der Waals surface area contributed by atoms with Crippen LogP contribution in [-0.2, 0) is 24.3 Å². The standard InChI is InChI=1S/C21H25N3O/c1-24-12-10-19(18-7-2-3-8-20(18)24)21(25)23-14-16-6-4-5-15-13-22-11-9-17(15)16/h2-8,19,22H,9-14H2,1H3,(H,23,25). The van der Waals surface area contributed by atoms with Crippen molar-refractivity contribution in [3.8, 4) is 0 Å². The summed E-state index contributed by atoms with van der Waals surface area (Å²) in [5, 5.41) is 6.60. The van der Waals surface area contributed by atoms with Crippen molar-refractivity contribution in [1.82, 2.24) is 10.6 Å². The summed E-state index contributed by atoms with van der Waals surface area (Å²) in [5.74, 6) is 0.0979. The van der Waals surface area contributed by atoms with Gasteiger partial charge in [0.15, 0.2) is 0 Å². The van der Waals surface area contributed by atoms with Gasteiger partial charge in [-0.15, -0.1) is 0 Å². The molecule has 4 rings (SSSR count). The first kappa shape index (κ1) is 16.2. The van der Waals surface area contributed by atoms with Crippen molar-refractivity contribution in [1.29, 1.82) is 0 Å². The molecule has 2 aliphatic rings. The fourth-order valence-electron chi connectivity index (χ4n) is 4.08. The molecule has 0 saturated heterocycles. The Hall–Kier alpha value is -2.33. The van der Waals surface area contributed by atoms with Crippen molar-refractivity contribution in [2.75, 3.05) is 25.0 Å². The lowest BCUT2D eigenvalue weighted by molar-refractivity contribution is -0.122. The largest absolute Gasteiger partial charge is 0.374 e. The summed E-state index contributed by atoms with van der Waals surface area (Å²) in [5.41, 5.74) is 6.35. The van der Waals surface area contributed by atoms with Gasteiger partial charge in [-0.05, 0) is 47.7 Å². The average Bonchev–Trinajstić information content (AvgIpc) is 2.66. The molecule has 0 spiro atoms. The van der Waals surface area contributed by atoms with E-state index in [-0.39, 0.29) is 11.8 Å². The fraction of sp³-hybridized carbons (Fsp3) is 0.381. The third kappa shape index (κ3) is 3.14. The van der Waals surface area contributed by atoms with Crippen LogP contribution in [0.3, 0.4) is 0 Å². The number of carbonyl (C=O) groups is 1. The lowest BCUT2D eigenvalue weighted by Crippen LogP contribution is -2.36. The topological polar surface area (TPSA) is 44.4 Å². The SMILES string of the molecule is CN1CCC(C(=O)NCc2cccc3c2CCNC3)c2ccccc21. The van der Waals surface area contributed by atoms with Gasteiger partial charge in [0.05, 0.1) is 5.92 Å². The second-order valence-corrected chi connectivity index (χ2v) is 7.02. The predicted molar refractivity (Wildman–Crippen MR) is 101 cm³/mol. The van der Waals surface area contributed by atoms with E-state index in [0.717, 1.165) is 38.0 Å². The van der Waals surface area contributed by atoms with E-state index < -0.39 is 0 Å². The third-order valence-electron chi connectivity index (χ3n) is 5.48. The van der Waals surface area contributed by atoms with E-state index in [1.807, 2.05) is 12.1 Å². The number of nitrogens with one attached hydrogen (secondary N) is 2. The molecule has 0 radical (unpaired) electrons. The van der Waals surface area contributed by atoms with E-state index in [4.69, 9.17) is 0 Å². The zero-order chi connectivity index (χ0) is 17.2. The maximum absolute atomic E-state index is 12.9. The number of anilines is 1. The summed E-state index contributed by atoms with van der Waals surface area (Å²) >= 11 is 0. The van der Waals surface area contributed by atoms with Crippen LogP contribution in [-0.4, -0.2) is 26.0 Å². The van der Waals surface area contributed by atoms with Crippen LogP contribution in [0.25, 0.3) is 0 Å². The molecular weight excluding hydrogens is 310 g/mol. The molecule has 1 atom stereocenters. The molecule has 4 nitrogen and oxygen atoms in total. The highest BCUT2D eigenvalue weighted by molar-refractivity contribution is 5.86. The summed E-state index contributed by atoms with van der Waals surface area (Å²) < 4.78 is 0. The van der Waals surface area contributed by atoms with Gasteiger partial charge in [0.1, 0.15) is 0 Å². The first-order valence-electron chi connectivity index (χ1n) is 9.12. The minimum Gasteiger partial charge on any atom is -0.374 e. The Morgan fingerprint density at radius 3 is 3.04 bits per heavy atom. The number of hydrogen-bond acceptors (Lipinski definition) is 3. The number of para-hydroxylation sites is 1. The van der Waals surface area contributed by atoms with Gasteiger partial charge < -0.3 is 15.5 Å². The molecule has 130 valence electrons. The average molecular weight is 335 g/mol. The van der Waals surface area contributed by atoms with Crippen LogP contribution in [0.1, 0.15) is 34.6 Å². The summed E-state index contributed by atoms with van der Waals surface area (Å²) in [6, 6.07) is 14.7. The van der Waals surface area contributed by atoms with Gasteiger partial charge in [-0.25, -0.2) is 0 Å². The monoisotopic (exact) mass is 335 g/mol. The fourth-order valence-corrected chi connectivity index (χ4v) is 4.08. The van der Waals surface area contributed by atoms with E-state index in [9.17, 15) is 4.79 Å². The lowest BCUT2D eigenvalue weighted by atomic mass is 9.89. The van der Waals surface area contributed by atoms with E-state index in [0.29, 0.717) is 6.54 Å². The van der Waals surface area contributed by atoms with Crippen molar-refractivity contribution in [3.05, 3.63) is 64.7 Å². The molecule has 1 amide bonds. The number of nitrogens with zero attached hydrogens (tertiary/aromatic N) is 1. The molecule has 0 saturated carbocycles. The molecule has 0 fully saturated rings. The smallest absolute Gasteiger partial charge is 0.227 e. The van der Waals surface area contributed by atoms with E-state index in [1.54, 1.807) is 0 Å². The second kappa shape index (κ2) is 6.89. The number of amides is 1. The first-order valence-corrected chi connectivity index (χ1v) is 9.12. The van der Waals surface area contributed by atoms with Crippen LogP contribution >= 0.6 is 0 Å². The number of carbonyl (C=O) groups excluding carboxylic acids is 1. The maximum Gasteiger partial charge on any atom is 0.227 e. The van der Waals surface area contributed by atoms with Crippen LogP contribution in [0, 0.1) is 0 Å². The van der Waals surface area contributed by atoms with E-state index in [2.05, 4.69) is 52.9 Å². The molecule has 1 unspecified atom stereocenters. The van der Waals surface area contributed by atoms with Gasteiger partial charge in [0.2, 0.25) is 5.91 Å². The Labute approximate surface area is 149 Å². The normalized spacial score (nSPS) is 19.1. The molecule has 0 aromatic heterocycles. The molecular formula is C21H25N3O. The summed E-state index contributed by atoms with van der Waals surface area (Å²) in [4.78, 5) is 15.1. The Morgan fingerprint density at radius 1 is 1.24 bits per heavy atom. The molecule has 0 bridgehead atoms. The van der Waals surface area contributed by atoms with Crippen molar-refractivity contribution < 1.29 is 4.79 Å². The Kier molecular flexibility index (Phi) is 4.45. The number of rotatable bonds is 3. The Balaban J connectivity index is 1.50. The molecule has 2 N–H and O–H groups in total. The van der Waals surface area contributed by atoms with Gasteiger partial charge in [-0.1, -0.05) is 36.4 Å². The van der Waals surface area contributed by atoms with Crippen molar-refractivity contribution >= 4 is 11.6 Å². The molecule has 4 heteroatoms. The quantitative estimate of drug-likeness (QED) is 0.906. The molecule has 0 aliphatic carbocycles. The van der Waals surface area contributed by atoms with Crippen LogP contribution < -0.4 is 15.5 Å². The molecule has 2 heterocycles. The van der Waals surface area contributed by atoms with Gasteiger partial charge >= 0.3 is 0 Å². The van der Waals surface area contributed by atoms with Gasteiger partial charge in [0.25, 0.3) is 0 Å². The van der Waals surface area contributed by atoms with Crippen LogP contribution in [0.15, 0.2) is 42.5 Å². The summed E-state index contributed by atoms with van der Waals surface area (Å²) in [7, 11) is 2.09. The zero-order valence-electron chi connectivity index (χ0n) is 14.7. The summed E-state index contributed by atoms with van der Waals surface area (Å²) in [6.07, 6.45) is 1.91. The molecule has 25 heavy (non-hydrogen) atoms. The maximum atomic E-state index is 12.9. The highest BCUT2D eigenvalue weighted by Gasteiger charge is 2.28. The number of hydrogen-bond donors (Lipinski definition) is 2. The minimum absolute atomic E-state index is 0.0476. The highest BCUT2D eigenvalue weighted by Crippen LogP contribution is 2.34. The second-order valence-electron chi connectivity index (χ2n) is 7.02. The van der Waals surface area contributed by atoms with Gasteiger partial charge in [-0.2, -0.15) is 0 Å². The van der Waals surface area contributed by atoms with Crippen LogP contribution in [0.4, 0.5) is 5.69 Å². The molecule has 2 aliphatic heterocycles. The molecule has 2 aromatic rings. The van der Waals surface area contributed by atoms with Crippen molar-refractivity contribution in [2.45, 2.75) is 31.8 Å². The highest BCUT2D eigenvalue weighted by atomic mass is 16.1. The van der Waals surface area contributed by atoms with Crippen molar-refractivity contribution in [3.63, 3.8) is 0 Å².